The normalized spacial score (nSPS) is 26.3. The van der Waals surface area contributed by atoms with Crippen LogP contribution in [0.15, 0.2) is 24.3 Å². The number of nitrogens with zero attached hydrogens (tertiary/aromatic N) is 1. The van der Waals surface area contributed by atoms with Gasteiger partial charge in [-0.05, 0) is 67.7 Å². The third-order valence-corrected chi connectivity index (χ3v) is 5.89. The first-order valence-electron chi connectivity index (χ1n) is 9.46. The van der Waals surface area contributed by atoms with Gasteiger partial charge in [0, 0.05) is 37.6 Å². The zero-order chi connectivity index (χ0) is 16.1. The molecule has 128 valence electrons. The Morgan fingerprint density at radius 1 is 1.00 bits per heavy atom. The van der Waals surface area contributed by atoms with E-state index in [4.69, 9.17) is 0 Å². The maximum absolute atomic E-state index is 9.52. The summed E-state index contributed by atoms with van der Waals surface area (Å²) in [4.78, 5) is 2.51. The lowest BCUT2D eigenvalue weighted by Crippen LogP contribution is -2.32. The van der Waals surface area contributed by atoms with Gasteiger partial charge in [0.25, 0.3) is 0 Å². The Balaban J connectivity index is 1.51. The topological polar surface area (TPSA) is 35.5 Å². The molecule has 3 rings (SSSR count). The Hall–Kier alpha value is -1.22. The lowest BCUT2D eigenvalue weighted by molar-refractivity contribution is 0.141. The first-order chi connectivity index (χ1) is 11.3. The number of hydrogen-bond acceptors (Lipinski definition) is 3. The van der Waals surface area contributed by atoms with E-state index in [-0.39, 0.29) is 0 Å². The van der Waals surface area contributed by atoms with Crippen LogP contribution in [0.25, 0.3) is 0 Å². The van der Waals surface area contributed by atoms with E-state index >= 15 is 0 Å². The predicted octanol–water partition coefficient (Wildman–Crippen LogP) is 4.13. The molecule has 1 aliphatic carbocycles. The van der Waals surface area contributed by atoms with Gasteiger partial charge in [-0.25, -0.2) is 0 Å². The van der Waals surface area contributed by atoms with Crippen molar-refractivity contribution in [1.82, 2.24) is 0 Å². The van der Waals surface area contributed by atoms with Gasteiger partial charge in [0.2, 0.25) is 0 Å². The zero-order valence-electron chi connectivity index (χ0n) is 14.5. The van der Waals surface area contributed by atoms with Crippen LogP contribution in [0.1, 0.15) is 45.4 Å². The SMILES string of the molecule is CC1CCN(c2ccc(NCC3CCCCC3CO)cc2)CC1. The van der Waals surface area contributed by atoms with Gasteiger partial charge in [0.05, 0.1) is 0 Å². The third kappa shape index (κ3) is 4.41. The molecule has 1 aliphatic heterocycles. The Bertz CT molecular complexity index is 465. The summed E-state index contributed by atoms with van der Waals surface area (Å²) in [5.74, 6) is 1.99. The van der Waals surface area contributed by atoms with Gasteiger partial charge >= 0.3 is 0 Å². The van der Waals surface area contributed by atoms with E-state index in [1.54, 1.807) is 0 Å². The molecule has 2 aliphatic rings. The van der Waals surface area contributed by atoms with Crippen molar-refractivity contribution in [1.29, 1.82) is 0 Å². The van der Waals surface area contributed by atoms with Crippen molar-refractivity contribution in [3.63, 3.8) is 0 Å². The minimum absolute atomic E-state index is 0.346. The van der Waals surface area contributed by atoms with Crippen LogP contribution in [0.4, 0.5) is 11.4 Å². The number of benzene rings is 1. The van der Waals surface area contributed by atoms with Crippen LogP contribution < -0.4 is 10.2 Å². The number of anilines is 2. The molecule has 1 saturated carbocycles. The van der Waals surface area contributed by atoms with Crippen LogP contribution in [0, 0.1) is 17.8 Å². The van der Waals surface area contributed by atoms with Crippen molar-refractivity contribution in [3.8, 4) is 0 Å². The average molecular weight is 316 g/mol. The molecule has 2 fully saturated rings. The summed E-state index contributed by atoms with van der Waals surface area (Å²) in [5.41, 5.74) is 2.56. The molecule has 1 aromatic carbocycles. The number of piperidine rings is 1. The maximum Gasteiger partial charge on any atom is 0.0462 e. The molecule has 1 aromatic rings. The van der Waals surface area contributed by atoms with E-state index in [1.165, 1.54) is 63.0 Å². The Labute approximate surface area is 141 Å². The van der Waals surface area contributed by atoms with Crippen LogP contribution in [-0.4, -0.2) is 31.3 Å². The minimum Gasteiger partial charge on any atom is -0.396 e. The van der Waals surface area contributed by atoms with E-state index < -0.39 is 0 Å². The van der Waals surface area contributed by atoms with E-state index in [2.05, 4.69) is 41.4 Å². The maximum atomic E-state index is 9.52. The van der Waals surface area contributed by atoms with E-state index in [1.807, 2.05) is 0 Å². The molecule has 3 heteroatoms. The second kappa shape index (κ2) is 8.05. The summed E-state index contributed by atoms with van der Waals surface area (Å²) < 4.78 is 0. The minimum atomic E-state index is 0.346. The molecule has 0 radical (unpaired) electrons. The third-order valence-electron chi connectivity index (χ3n) is 5.89. The molecule has 0 amide bonds. The van der Waals surface area contributed by atoms with Crippen molar-refractivity contribution in [2.24, 2.45) is 17.8 Å². The summed E-state index contributed by atoms with van der Waals surface area (Å²) >= 11 is 0. The lowest BCUT2D eigenvalue weighted by atomic mass is 9.79. The Kier molecular flexibility index (Phi) is 5.82. The average Bonchev–Trinajstić information content (AvgIpc) is 2.61. The molecule has 0 aromatic heterocycles. The fourth-order valence-corrected chi connectivity index (χ4v) is 4.10. The Morgan fingerprint density at radius 2 is 1.65 bits per heavy atom. The monoisotopic (exact) mass is 316 g/mol. The van der Waals surface area contributed by atoms with Crippen molar-refractivity contribution >= 4 is 11.4 Å². The second-order valence-electron chi connectivity index (χ2n) is 7.58. The van der Waals surface area contributed by atoms with Gasteiger partial charge in [-0.1, -0.05) is 19.8 Å². The largest absolute Gasteiger partial charge is 0.396 e. The summed E-state index contributed by atoms with van der Waals surface area (Å²) in [5, 5.41) is 13.1. The molecule has 2 unspecified atom stereocenters. The standard InChI is InChI=1S/C20H32N2O/c1-16-10-12-22(13-11-16)20-8-6-19(7-9-20)21-14-17-4-2-3-5-18(17)15-23/h6-9,16-18,21,23H,2-5,10-15H2,1H3. The van der Waals surface area contributed by atoms with Crippen LogP contribution >= 0.6 is 0 Å². The highest BCUT2D eigenvalue weighted by Crippen LogP contribution is 2.30. The smallest absolute Gasteiger partial charge is 0.0462 e. The Morgan fingerprint density at radius 3 is 2.30 bits per heavy atom. The van der Waals surface area contributed by atoms with Crippen LogP contribution in [-0.2, 0) is 0 Å². The molecule has 2 atom stereocenters. The number of nitrogens with one attached hydrogen (secondary N) is 1. The summed E-state index contributed by atoms with van der Waals surface area (Å²) in [6.07, 6.45) is 7.66. The van der Waals surface area contributed by atoms with Crippen molar-refractivity contribution in [3.05, 3.63) is 24.3 Å². The van der Waals surface area contributed by atoms with Gasteiger partial charge in [-0.15, -0.1) is 0 Å². The summed E-state index contributed by atoms with van der Waals surface area (Å²) in [6, 6.07) is 8.93. The predicted molar refractivity (Wildman–Crippen MR) is 98.1 cm³/mol. The molecule has 23 heavy (non-hydrogen) atoms. The van der Waals surface area contributed by atoms with Gasteiger partial charge in [0.15, 0.2) is 0 Å². The molecule has 2 N–H and O–H groups in total. The highest BCUT2D eigenvalue weighted by Gasteiger charge is 2.24. The second-order valence-corrected chi connectivity index (χ2v) is 7.58. The first kappa shape index (κ1) is 16.6. The molecular formula is C20H32N2O. The lowest BCUT2D eigenvalue weighted by Gasteiger charge is -2.32. The summed E-state index contributed by atoms with van der Waals surface area (Å²) in [7, 11) is 0. The van der Waals surface area contributed by atoms with Crippen molar-refractivity contribution in [2.75, 3.05) is 36.5 Å². The molecule has 1 saturated heterocycles. The van der Waals surface area contributed by atoms with Crippen LogP contribution in [0.3, 0.4) is 0 Å². The molecule has 1 heterocycles. The van der Waals surface area contributed by atoms with Crippen molar-refractivity contribution in [2.45, 2.75) is 45.4 Å². The van der Waals surface area contributed by atoms with Gasteiger partial charge < -0.3 is 15.3 Å². The summed E-state index contributed by atoms with van der Waals surface area (Å²) in [6.45, 7) is 6.07. The highest BCUT2D eigenvalue weighted by molar-refractivity contribution is 5.55. The zero-order valence-corrected chi connectivity index (χ0v) is 14.5. The van der Waals surface area contributed by atoms with E-state index in [0.717, 1.165) is 12.5 Å². The number of hydrogen-bond donors (Lipinski definition) is 2. The van der Waals surface area contributed by atoms with Crippen molar-refractivity contribution < 1.29 is 5.11 Å². The number of aliphatic hydroxyl groups is 1. The molecule has 0 spiro atoms. The molecule has 0 bridgehead atoms. The van der Waals surface area contributed by atoms with E-state index in [9.17, 15) is 5.11 Å². The fourth-order valence-electron chi connectivity index (χ4n) is 4.10. The van der Waals surface area contributed by atoms with Crippen LogP contribution in [0.5, 0.6) is 0 Å². The molecular weight excluding hydrogens is 284 g/mol. The molecule has 3 nitrogen and oxygen atoms in total. The van der Waals surface area contributed by atoms with E-state index in [0.29, 0.717) is 18.4 Å². The quantitative estimate of drug-likeness (QED) is 0.857. The first-order valence-corrected chi connectivity index (χ1v) is 9.46. The van der Waals surface area contributed by atoms with Gasteiger partial charge in [0.1, 0.15) is 0 Å². The number of aliphatic hydroxyl groups excluding tert-OH is 1. The number of rotatable bonds is 5. The fraction of sp³-hybridized carbons (Fsp3) is 0.700. The van der Waals surface area contributed by atoms with Gasteiger partial charge in [-0.3, -0.25) is 0 Å². The highest BCUT2D eigenvalue weighted by atomic mass is 16.3. The van der Waals surface area contributed by atoms with Gasteiger partial charge in [-0.2, -0.15) is 0 Å². The van der Waals surface area contributed by atoms with Crippen LogP contribution in [0.2, 0.25) is 0 Å².